The Morgan fingerprint density at radius 2 is 2.00 bits per heavy atom. The summed E-state index contributed by atoms with van der Waals surface area (Å²) in [5.74, 6) is 0. The van der Waals surface area contributed by atoms with Crippen molar-refractivity contribution in [1.29, 1.82) is 0 Å². The minimum Gasteiger partial charge on any atom is -0.383 e. The van der Waals surface area contributed by atoms with Gasteiger partial charge >= 0.3 is 0 Å². The normalized spacial score (nSPS) is 19.3. The zero-order valence-electron chi connectivity index (χ0n) is 10.2. The number of nitrogens with one attached hydrogen (secondary N) is 2. The van der Waals surface area contributed by atoms with Gasteiger partial charge in [-0.05, 0) is 36.9 Å². The third-order valence-corrected chi connectivity index (χ3v) is 4.26. The molecule has 1 atom stereocenters. The maximum atomic E-state index is 3.61. The molecule has 94 valence electrons. The van der Waals surface area contributed by atoms with Gasteiger partial charge in [0.05, 0.1) is 0 Å². The molecule has 0 aliphatic carbocycles. The maximum Gasteiger partial charge on any atom is 0.0421 e. The average Bonchev–Trinajstić information content (AvgIpc) is 2.92. The van der Waals surface area contributed by atoms with Crippen LogP contribution in [0, 0.1) is 0 Å². The predicted molar refractivity (Wildman–Crippen MR) is 81.2 cm³/mol. The average molecular weight is 305 g/mol. The molecule has 2 aromatic rings. The molecule has 0 aromatic heterocycles. The molecule has 1 saturated heterocycles. The summed E-state index contributed by atoms with van der Waals surface area (Å²) >= 11 is 3.61. The molecule has 2 N–H and O–H groups in total. The summed E-state index contributed by atoms with van der Waals surface area (Å²) in [5, 5.41) is 9.64. The molecule has 1 aliphatic rings. The molecule has 0 radical (unpaired) electrons. The van der Waals surface area contributed by atoms with Gasteiger partial charge in [-0.3, -0.25) is 0 Å². The van der Waals surface area contributed by atoms with E-state index >= 15 is 0 Å². The molecule has 1 fully saturated rings. The third kappa shape index (κ3) is 2.38. The van der Waals surface area contributed by atoms with Crippen molar-refractivity contribution in [2.75, 3.05) is 18.4 Å². The summed E-state index contributed by atoms with van der Waals surface area (Å²) < 4.78 is 1.16. The lowest BCUT2D eigenvalue weighted by Gasteiger charge is -2.15. The zero-order valence-corrected chi connectivity index (χ0v) is 11.8. The van der Waals surface area contributed by atoms with Gasteiger partial charge in [0.25, 0.3) is 0 Å². The van der Waals surface area contributed by atoms with Crippen LogP contribution in [0.2, 0.25) is 0 Å². The summed E-state index contributed by atoms with van der Waals surface area (Å²) in [5.41, 5.74) is 1.22. The van der Waals surface area contributed by atoms with Gasteiger partial charge in [0.2, 0.25) is 0 Å². The Bertz CT molecular complexity index is 547. The lowest BCUT2D eigenvalue weighted by molar-refractivity contribution is 0.634. The van der Waals surface area contributed by atoms with Gasteiger partial charge in [-0.15, -0.1) is 0 Å². The second-order valence-corrected chi connectivity index (χ2v) is 5.67. The van der Waals surface area contributed by atoms with E-state index in [-0.39, 0.29) is 0 Å². The molecule has 1 heterocycles. The third-order valence-electron chi connectivity index (χ3n) is 3.57. The minimum absolute atomic E-state index is 0.618. The SMILES string of the molecule is Brc1ccc(NCC2CCCN2)c2ccccc12. The Balaban J connectivity index is 1.85. The summed E-state index contributed by atoms with van der Waals surface area (Å²) in [4.78, 5) is 0. The van der Waals surface area contributed by atoms with Crippen molar-refractivity contribution in [1.82, 2.24) is 5.32 Å². The van der Waals surface area contributed by atoms with Crippen LogP contribution in [0.25, 0.3) is 10.8 Å². The quantitative estimate of drug-likeness (QED) is 0.902. The summed E-state index contributed by atoms with van der Waals surface area (Å²) in [6.07, 6.45) is 2.58. The fourth-order valence-corrected chi connectivity index (χ4v) is 3.06. The lowest BCUT2D eigenvalue weighted by atomic mass is 10.1. The number of rotatable bonds is 3. The fourth-order valence-electron chi connectivity index (χ4n) is 2.58. The highest BCUT2D eigenvalue weighted by atomic mass is 79.9. The van der Waals surface area contributed by atoms with Crippen LogP contribution in [0.4, 0.5) is 5.69 Å². The van der Waals surface area contributed by atoms with Crippen LogP contribution in [0.15, 0.2) is 40.9 Å². The van der Waals surface area contributed by atoms with E-state index in [1.54, 1.807) is 0 Å². The standard InChI is InChI=1S/C15H17BrN2/c16-14-7-8-15(13-6-2-1-5-12(13)14)18-10-11-4-3-9-17-11/h1-2,5-8,11,17-18H,3-4,9-10H2. The highest BCUT2D eigenvalue weighted by Gasteiger charge is 2.13. The van der Waals surface area contributed by atoms with Crippen LogP contribution in [0.5, 0.6) is 0 Å². The van der Waals surface area contributed by atoms with Gasteiger partial charge in [-0.2, -0.15) is 0 Å². The molecule has 2 nitrogen and oxygen atoms in total. The van der Waals surface area contributed by atoms with Gasteiger partial charge < -0.3 is 10.6 Å². The van der Waals surface area contributed by atoms with Crippen LogP contribution in [-0.2, 0) is 0 Å². The van der Waals surface area contributed by atoms with Crippen molar-refractivity contribution in [3.05, 3.63) is 40.9 Å². The monoisotopic (exact) mass is 304 g/mol. The van der Waals surface area contributed by atoms with Gasteiger partial charge in [0.1, 0.15) is 0 Å². The first kappa shape index (κ1) is 12.0. The number of fused-ring (bicyclic) bond motifs is 1. The van der Waals surface area contributed by atoms with E-state index in [2.05, 4.69) is 63.0 Å². The van der Waals surface area contributed by atoms with E-state index in [9.17, 15) is 0 Å². The number of hydrogen-bond acceptors (Lipinski definition) is 2. The Hall–Kier alpha value is -1.06. The van der Waals surface area contributed by atoms with Gasteiger partial charge in [0, 0.05) is 28.1 Å². The lowest BCUT2D eigenvalue weighted by Crippen LogP contribution is -2.29. The van der Waals surface area contributed by atoms with Crippen LogP contribution < -0.4 is 10.6 Å². The molecule has 0 bridgehead atoms. The number of anilines is 1. The smallest absolute Gasteiger partial charge is 0.0421 e. The highest BCUT2D eigenvalue weighted by Crippen LogP contribution is 2.29. The van der Waals surface area contributed by atoms with Crippen LogP contribution >= 0.6 is 15.9 Å². The first-order valence-corrected chi connectivity index (χ1v) is 7.28. The molecule has 3 rings (SSSR count). The zero-order chi connectivity index (χ0) is 12.4. The molecule has 2 aromatic carbocycles. The highest BCUT2D eigenvalue weighted by molar-refractivity contribution is 9.10. The molecule has 1 unspecified atom stereocenters. The second-order valence-electron chi connectivity index (χ2n) is 4.81. The van der Waals surface area contributed by atoms with E-state index in [0.29, 0.717) is 6.04 Å². The fraction of sp³-hybridized carbons (Fsp3) is 0.333. The van der Waals surface area contributed by atoms with E-state index < -0.39 is 0 Å². The Morgan fingerprint density at radius 3 is 2.78 bits per heavy atom. The molecular weight excluding hydrogens is 288 g/mol. The van der Waals surface area contributed by atoms with Crippen molar-refractivity contribution in [2.45, 2.75) is 18.9 Å². The molecular formula is C15H17BrN2. The predicted octanol–water partition coefficient (Wildman–Crippen LogP) is 3.77. The van der Waals surface area contributed by atoms with Crippen molar-refractivity contribution < 1.29 is 0 Å². The minimum atomic E-state index is 0.618. The van der Waals surface area contributed by atoms with Gasteiger partial charge in [-0.25, -0.2) is 0 Å². The first-order chi connectivity index (χ1) is 8.84. The molecule has 0 saturated carbocycles. The largest absolute Gasteiger partial charge is 0.383 e. The van der Waals surface area contributed by atoms with Crippen molar-refractivity contribution in [2.24, 2.45) is 0 Å². The summed E-state index contributed by atoms with van der Waals surface area (Å²) in [6, 6.07) is 13.4. The van der Waals surface area contributed by atoms with E-state index in [1.165, 1.54) is 29.3 Å². The number of hydrogen-bond donors (Lipinski definition) is 2. The van der Waals surface area contributed by atoms with E-state index in [0.717, 1.165) is 17.6 Å². The molecule has 0 spiro atoms. The number of halogens is 1. The second kappa shape index (κ2) is 5.29. The Labute approximate surface area is 116 Å². The van der Waals surface area contributed by atoms with Crippen molar-refractivity contribution in [3.8, 4) is 0 Å². The molecule has 0 amide bonds. The van der Waals surface area contributed by atoms with E-state index in [4.69, 9.17) is 0 Å². The van der Waals surface area contributed by atoms with E-state index in [1.807, 2.05) is 0 Å². The number of benzene rings is 2. The van der Waals surface area contributed by atoms with Gasteiger partial charge in [-0.1, -0.05) is 40.2 Å². The van der Waals surface area contributed by atoms with Crippen LogP contribution in [0.3, 0.4) is 0 Å². The maximum absolute atomic E-state index is 3.61. The Kier molecular flexibility index (Phi) is 3.52. The van der Waals surface area contributed by atoms with Crippen molar-refractivity contribution in [3.63, 3.8) is 0 Å². The summed E-state index contributed by atoms with van der Waals surface area (Å²) in [6.45, 7) is 2.17. The Morgan fingerprint density at radius 1 is 1.17 bits per heavy atom. The first-order valence-electron chi connectivity index (χ1n) is 6.49. The van der Waals surface area contributed by atoms with Crippen LogP contribution in [-0.4, -0.2) is 19.1 Å². The van der Waals surface area contributed by atoms with Crippen LogP contribution in [0.1, 0.15) is 12.8 Å². The molecule has 3 heteroatoms. The topological polar surface area (TPSA) is 24.1 Å². The van der Waals surface area contributed by atoms with Gasteiger partial charge in [0.15, 0.2) is 0 Å². The summed E-state index contributed by atoms with van der Waals surface area (Å²) in [7, 11) is 0. The molecule has 1 aliphatic heterocycles. The molecule has 18 heavy (non-hydrogen) atoms. The van der Waals surface area contributed by atoms with Crippen molar-refractivity contribution >= 4 is 32.4 Å².